The second-order valence-corrected chi connectivity index (χ2v) is 6.57. The van der Waals surface area contributed by atoms with Gasteiger partial charge in [-0.2, -0.15) is 0 Å². The van der Waals surface area contributed by atoms with Gasteiger partial charge in [-0.15, -0.1) is 0 Å². The lowest BCUT2D eigenvalue weighted by molar-refractivity contribution is -0.142. The van der Waals surface area contributed by atoms with Crippen LogP contribution in [0.5, 0.6) is 5.75 Å². The van der Waals surface area contributed by atoms with Crippen molar-refractivity contribution in [2.75, 3.05) is 13.2 Å². The van der Waals surface area contributed by atoms with Crippen LogP contribution in [0.4, 0.5) is 4.39 Å². The van der Waals surface area contributed by atoms with Crippen LogP contribution in [0.15, 0.2) is 48.5 Å². The number of benzene rings is 2. The Labute approximate surface area is 165 Å². The summed E-state index contributed by atoms with van der Waals surface area (Å²) in [4.78, 5) is 26.9. The molecule has 5 nitrogen and oxygen atoms in total. The highest BCUT2D eigenvalue weighted by atomic mass is 19.1. The first-order valence-corrected chi connectivity index (χ1v) is 9.45. The van der Waals surface area contributed by atoms with Gasteiger partial charge in [0.25, 0.3) is 5.91 Å². The lowest BCUT2D eigenvalue weighted by atomic mass is 10.1. The van der Waals surface area contributed by atoms with E-state index in [0.717, 1.165) is 11.1 Å². The van der Waals surface area contributed by atoms with E-state index < -0.39 is 6.04 Å². The highest BCUT2D eigenvalue weighted by Gasteiger charge is 2.28. The van der Waals surface area contributed by atoms with Gasteiger partial charge in [-0.1, -0.05) is 36.8 Å². The van der Waals surface area contributed by atoms with E-state index in [2.05, 4.69) is 5.32 Å². The van der Waals surface area contributed by atoms with Crippen molar-refractivity contribution in [3.8, 4) is 5.75 Å². The second-order valence-electron chi connectivity index (χ2n) is 6.57. The van der Waals surface area contributed by atoms with Gasteiger partial charge < -0.3 is 15.0 Å². The molecule has 1 unspecified atom stereocenters. The minimum atomic E-state index is -0.626. The molecule has 0 aliphatic heterocycles. The first-order valence-electron chi connectivity index (χ1n) is 9.45. The molecular weight excluding hydrogens is 359 g/mol. The van der Waals surface area contributed by atoms with Gasteiger partial charge in [-0.3, -0.25) is 9.59 Å². The van der Waals surface area contributed by atoms with Crippen molar-refractivity contribution in [1.82, 2.24) is 10.2 Å². The molecule has 2 aromatic rings. The molecule has 2 rings (SSSR count). The summed E-state index contributed by atoms with van der Waals surface area (Å²) in [6.07, 6.45) is 0.462. The number of nitrogens with one attached hydrogen (secondary N) is 1. The van der Waals surface area contributed by atoms with Crippen LogP contribution in [-0.4, -0.2) is 35.9 Å². The normalized spacial score (nSPS) is 11.6. The Morgan fingerprint density at radius 2 is 1.71 bits per heavy atom. The summed E-state index contributed by atoms with van der Waals surface area (Å²) in [6.45, 7) is 6.15. The van der Waals surface area contributed by atoms with E-state index in [9.17, 15) is 14.0 Å². The molecule has 0 heterocycles. The molecule has 0 saturated carbocycles. The summed E-state index contributed by atoms with van der Waals surface area (Å²) in [5.74, 6) is -0.273. The Morgan fingerprint density at radius 3 is 2.29 bits per heavy atom. The summed E-state index contributed by atoms with van der Waals surface area (Å²) in [6, 6.07) is 12.7. The lowest BCUT2D eigenvalue weighted by Crippen LogP contribution is -2.50. The van der Waals surface area contributed by atoms with E-state index in [1.165, 1.54) is 17.0 Å². The molecule has 2 amide bonds. The zero-order chi connectivity index (χ0) is 20.5. The van der Waals surface area contributed by atoms with Crippen LogP contribution >= 0.6 is 0 Å². The number of ether oxygens (including phenoxy) is 1. The van der Waals surface area contributed by atoms with Gasteiger partial charge in [0.05, 0.1) is 0 Å². The molecule has 0 radical (unpaired) electrons. The minimum Gasteiger partial charge on any atom is -0.484 e. The Balaban J connectivity index is 2.16. The number of likely N-dealkylation sites (N-methyl/N-ethyl adjacent to an activating group) is 1. The minimum absolute atomic E-state index is 0.180. The predicted octanol–water partition coefficient (Wildman–Crippen LogP) is 3.46. The van der Waals surface area contributed by atoms with Crippen LogP contribution in [0.2, 0.25) is 0 Å². The van der Waals surface area contributed by atoms with Gasteiger partial charge in [0.15, 0.2) is 6.61 Å². The maximum Gasteiger partial charge on any atom is 0.261 e. The maximum atomic E-state index is 13.2. The van der Waals surface area contributed by atoms with Crippen molar-refractivity contribution in [3.63, 3.8) is 0 Å². The topological polar surface area (TPSA) is 58.6 Å². The third-order valence-electron chi connectivity index (χ3n) is 4.39. The molecule has 2 aromatic carbocycles. The Kier molecular flexibility index (Phi) is 7.99. The van der Waals surface area contributed by atoms with Gasteiger partial charge in [-0.25, -0.2) is 4.39 Å². The van der Waals surface area contributed by atoms with Crippen molar-refractivity contribution in [2.24, 2.45) is 0 Å². The number of aryl methyl sites for hydroxylation is 1. The predicted molar refractivity (Wildman–Crippen MR) is 106 cm³/mol. The van der Waals surface area contributed by atoms with Crippen molar-refractivity contribution >= 4 is 11.8 Å². The monoisotopic (exact) mass is 386 g/mol. The molecule has 150 valence electrons. The molecule has 0 spiro atoms. The van der Waals surface area contributed by atoms with Crippen molar-refractivity contribution in [2.45, 2.75) is 39.8 Å². The second kappa shape index (κ2) is 10.4. The quantitative estimate of drug-likeness (QED) is 0.718. The summed E-state index contributed by atoms with van der Waals surface area (Å²) < 4.78 is 18.8. The number of hydrogen-bond donors (Lipinski definition) is 1. The van der Waals surface area contributed by atoms with E-state index in [-0.39, 0.29) is 30.8 Å². The highest BCUT2D eigenvalue weighted by molar-refractivity contribution is 5.88. The lowest BCUT2D eigenvalue weighted by Gasteiger charge is -2.30. The molecular formula is C22H27FN2O3. The van der Waals surface area contributed by atoms with Crippen molar-refractivity contribution in [3.05, 3.63) is 65.5 Å². The zero-order valence-electron chi connectivity index (χ0n) is 16.6. The Hall–Kier alpha value is -2.89. The van der Waals surface area contributed by atoms with Gasteiger partial charge in [0.1, 0.15) is 17.6 Å². The third kappa shape index (κ3) is 6.08. The number of carbonyl (C=O) groups excluding carboxylic acids is 2. The Morgan fingerprint density at radius 1 is 1.07 bits per heavy atom. The van der Waals surface area contributed by atoms with Crippen LogP contribution in [-0.2, 0) is 16.1 Å². The number of halogens is 1. The zero-order valence-corrected chi connectivity index (χ0v) is 16.6. The molecule has 0 aliphatic rings. The van der Waals surface area contributed by atoms with E-state index in [1.54, 1.807) is 24.3 Å². The maximum absolute atomic E-state index is 13.2. The van der Waals surface area contributed by atoms with Crippen LogP contribution in [0, 0.1) is 12.7 Å². The SMILES string of the molecule is CCNC(=O)C(CC)N(Cc1ccc(F)cc1)C(=O)COc1ccc(C)cc1. The fourth-order valence-electron chi connectivity index (χ4n) is 2.86. The van der Waals surface area contributed by atoms with Crippen LogP contribution in [0.3, 0.4) is 0 Å². The molecule has 28 heavy (non-hydrogen) atoms. The fraction of sp³-hybridized carbons (Fsp3) is 0.364. The summed E-state index contributed by atoms with van der Waals surface area (Å²) in [5.41, 5.74) is 1.84. The first-order chi connectivity index (χ1) is 13.4. The van der Waals surface area contributed by atoms with E-state index in [4.69, 9.17) is 4.74 Å². The van der Waals surface area contributed by atoms with E-state index in [0.29, 0.717) is 18.7 Å². The number of nitrogens with zero attached hydrogens (tertiary/aromatic N) is 1. The van der Waals surface area contributed by atoms with E-state index in [1.807, 2.05) is 32.9 Å². The standard InChI is InChI=1S/C22H27FN2O3/c1-4-20(22(27)24-5-2)25(14-17-8-10-18(23)11-9-17)21(26)15-28-19-12-6-16(3)7-13-19/h6-13,20H,4-5,14-15H2,1-3H3,(H,24,27). The molecule has 0 aromatic heterocycles. The molecule has 6 heteroatoms. The molecule has 0 fully saturated rings. The average Bonchev–Trinajstić information content (AvgIpc) is 2.69. The molecule has 0 saturated heterocycles. The number of rotatable bonds is 9. The fourth-order valence-corrected chi connectivity index (χ4v) is 2.86. The molecule has 0 bridgehead atoms. The Bertz CT molecular complexity index is 775. The molecule has 1 N–H and O–H groups in total. The average molecular weight is 386 g/mol. The van der Waals surface area contributed by atoms with Crippen molar-refractivity contribution in [1.29, 1.82) is 0 Å². The number of amides is 2. The van der Waals surface area contributed by atoms with Gasteiger partial charge in [0, 0.05) is 13.1 Å². The van der Waals surface area contributed by atoms with Gasteiger partial charge >= 0.3 is 0 Å². The smallest absolute Gasteiger partial charge is 0.261 e. The number of carbonyl (C=O) groups is 2. The van der Waals surface area contributed by atoms with Crippen molar-refractivity contribution < 1.29 is 18.7 Å². The summed E-state index contributed by atoms with van der Waals surface area (Å²) >= 11 is 0. The van der Waals surface area contributed by atoms with E-state index >= 15 is 0 Å². The molecule has 0 aliphatic carbocycles. The third-order valence-corrected chi connectivity index (χ3v) is 4.39. The highest BCUT2D eigenvalue weighted by Crippen LogP contribution is 2.15. The van der Waals surface area contributed by atoms with Crippen LogP contribution in [0.1, 0.15) is 31.4 Å². The van der Waals surface area contributed by atoms with Crippen LogP contribution < -0.4 is 10.1 Å². The first kappa shape index (κ1) is 21.4. The van der Waals surface area contributed by atoms with Gasteiger partial charge in [0.2, 0.25) is 5.91 Å². The largest absolute Gasteiger partial charge is 0.484 e. The van der Waals surface area contributed by atoms with Crippen LogP contribution in [0.25, 0.3) is 0 Å². The summed E-state index contributed by atoms with van der Waals surface area (Å²) in [7, 11) is 0. The summed E-state index contributed by atoms with van der Waals surface area (Å²) in [5, 5.41) is 2.77. The number of hydrogen-bond acceptors (Lipinski definition) is 3. The molecule has 1 atom stereocenters. The van der Waals surface area contributed by atoms with Gasteiger partial charge in [-0.05, 0) is 50.1 Å².